The number of rotatable bonds is 9. The zero-order valence-electron chi connectivity index (χ0n) is 14.6. The van der Waals surface area contributed by atoms with Crippen molar-refractivity contribution in [3.05, 3.63) is 11.7 Å². The lowest BCUT2D eigenvalue weighted by Crippen LogP contribution is -2.33. The van der Waals surface area contributed by atoms with Crippen LogP contribution in [0, 0.1) is 5.92 Å². The molecule has 0 amide bonds. The van der Waals surface area contributed by atoms with Gasteiger partial charge in [0.25, 0.3) is 0 Å². The maximum absolute atomic E-state index is 5.95. The molecule has 21 heavy (non-hydrogen) atoms. The largest absolute Gasteiger partial charge is 0.367 e. The monoisotopic (exact) mass is 297 g/mol. The first-order valence-electron chi connectivity index (χ1n) is 8.10. The lowest BCUT2D eigenvalue weighted by atomic mass is 9.89. The van der Waals surface area contributed by atoms with Crippen LogP contribution in [0.3, 0.4) is 0 Å². The Kier molecular flexibility index (Phi) is 6.81. The molecular formula is C16H31N3O2. The maximum atomic E-state index is 5.95. The molecule has 1 rings (SSSR count). The Morgan fingerprint density at radius 2 is 1.81 bits per heavy atom. The van der Waals surface area contributed by atoms with Crippen molar-refractivity contribution in [2.75, 3.05) is 13.7 Å². The molecule has 0 aliphatic rings. The fourth-order valence-electron chi connectivity index (χ4n) is 2.92. The zero-order valence-corrected chi connectivity index (χ0v) is 14.6. The molecule has 1 N–H and O–H groups in total. The van der Waals surface area contributed by atoms with Crippen molar-refractivity contribution in [3.8, 4) is 0 Å². The Bertz CT molecular complexity index is 413. The highest BCUT2D eigenvalue weighted by Crippen LogP contribution is 2.33. The highest BCUT2D eigenvalue weighted by molar-refractivity contribution is 5.06. The summed E-state index contributed by atoms with van der Waals surface area (Å²) in [7, 11) is 1.96. The summed E-state index contributed by atoms with van der Waals surface area (Å²) in [5.41, 5.74) is -0.430. The van der Waals surface area contributed by atoms with Crippen LogP contribution in [0.2, 0.25) is 0 Å². The van der Waals surface area contributed by atoms with Gasteiger partial charge in [0.05, 0.1) is 5.92 Å². The molecule has 1 heterocycles. The Labute approximate surface area is 128 Å². The van der Waals surface area contributed by atoms with E-state index < -0.39 is 5.60 Å². The van der Waals surface area contributed by atoms with Crippen LogP contribution in [0.15, 0.2) is 4.52 Å². The van der Waals surface area contributed by atoms with Gasteiger partial charge >= 0.3 is 0 Å². The predicted octanol–water partition coefficient (Wildman–Crippen LogP) is 3.47. The maximum Gasteiger partial charge on any atom is 0.231 e. The van der Waals surface area contributed by atoms with Crippen molar-refractivity contribution < 1.29 is 9.26 Å². The zero-order chi connectivity index (χ0) is 16.0. The van der Waals surface area contributed by atoms with E-state index in [1.165, 1.54) is 0 Å². The number of hydrogen-bond donors (Lipinski definition) is 1. The summed E-state index contributed by atoms with van der Waals surface area (Å²) in [6, 6.07) is 0.281. The first-order chi connectivity index (χ1) is 9.95. The van der Waals surface area contributed by atoms with E-state index in [-0.39, 0.29) is 12.0 Å². The number of hydrogen-bond acceptors (Lipinski definition) is 5. The molecule has 5 heteroatoms. The second-order valence-electron chi connectivity index (χ2n) is 5.94. The van der Waals surface area contributed by atoms with Gasteiger partial charge in [0.2, 0.25) is 11.7 Å². The van der Waals surface area contributed by atoms with E-state index >= 15 is 0 Å². The Morgan fingerprint density at radius 1 is 1.19 bits per heavy atom. The van der Waals surface area contributed by atoms with Crippen LogP contribution in [0.4, 0.5) is 0 Å². The van der Waals surface area contributed by atoms with Crippen LogP contribution in [0.1, 0.15) is 72.0 Å². The van der Waals surface area contributed by atoms with E-state index in [1.807, 2.05) is 14.0 Å². The van der Waals surface area contributed by atoms with Gasteiger partial charge in [-0.1, -0.05) is 32.9 Å². The molecule has 1 aromatic rings. The third-order valence-corrected chi connectivity index (χ3v) is 4.41. The van der Waals surface area contributed by atoms with Gasteiger partial charge in [-0.15, -0.1) is 0 Å². The second-order valence-corrected chi connectivity index (χ2v) is 5.94. The van der Waals surface area contributed by atoms with Gasteiger partial charge in [-0.05, 0) is 39.7 Å². The molecule has 122 valence electrons. The third kappa shape index (κ3) is 3.83. The molecule has 0 fully saturated rings. The molecule has 1 aromatic heterocycles. The minimum Gasteiger partial charge on any atom is -0.367 e. The van der Waals surface area contributed by atoms with Crippen LogP contribution in [-0.2, 0) is 10.3 Å². The van der Waals surface area contributed by atoms with Crippen LogP contribution >= 0.6 is 0 Å². The van der Waals surface area contributed by atoms with Gasteiger partial charge in [0, 0.05) is 12.6 Å². The third-order valence-electron chi connectivity index (χ3n) is 4.41. The van der Waals surface area contributed by atoms with Gasteiger partial charge < -0.3 is 14.6 Å². The summed E-state index contributed by atoms with van der Waals surface area (Å²) in [5.74, 6) is 2.00. The van der Waals surface area contributed by atoms with Crippen LogP contribution in [0.5, 0.6) is 0 Å². The van der Waals surface area contributed by atoms with E-state index in [2.05, 4.69) is 45.1 Å². The number of aromatic nitrogens is 2. The molecule has 0 spiro atoms. The number of nitrogens with zero attached hydrogens (tertiary/aromatic N) is 2. The number of ether oxygens (including phenoxy) is 1. The molecule has 0 saturated heterocycles. The summed E-state index contributed by atoms with van der Waals surface area (Å²) < 4.78 is 11.5. The molecule has 0 bridgehead atoms. The van der Waals surface area contributed by atoms with Gasteiger partial charge in [0.1, 0.15) is 5.60 Å². The van der Waals surface area contributed by atoms with Gasteiger partial charge in [-0.25, -0.2) is 0 Å². The average Bonchev–Trinajstić information content (AvgIpc) is 2.94. The average molecular weight is 297 g/mol. The van der Waals surface area contributed by atoms with Crippen molar-refractivity contribution in [1.82, 2.24) is 15.5 Å². The van der Waals surface area contributed by atoms with E-state index in [4.69, 9.17) is 14.2 Å². The normalized spacial score (nSPS) is 15.4. The highest BCUT2D eigenvalue weighted by atomic mass is 16.5. The summed E-state index contributed by atoms with van der Waals surface area (Å²) in [5, 5.41) is 7.52. The molecule has 2 atom stereocenters. The van der Waals surface area contributed by atoms with Crippen LogP contribution in [0.25, 0.3) is 0 Å². The lowest BCUT2D eigenvalue weighted by Gasteiger charge is -2.28. The topological polar surface area (TPSA) is 60.2 Å². The second kappa shape index (κ2) is 7.90. The Hall–Kier alpha value is -0.940. The molecule has 0 saturated carbocycles. The minimum absolute atomic E-state index is 0.198. The Morgan fingerprint density at radius 3 is 2.24 bits per heavy atom. The van der Waals surface area contributed by atoms with Crippen molar-refractivity contribution in [3.63, 3.8) is 0 Å². The summed E-state index contributed by atoms with van der Waals surface area (Å²) in [6.07, 6.45) is 1.68. The van der Waals surface area contributed by atoms with E-state index in [0.29, 0.717) is 24.2 Å². The molecule has 0 aromatic carbocycles. The molecule has 5 nitrogen and oxygen atoms in total. The molecule has 0 aliphatic heterocycles. The summed E-state index contributed by atoms with van der Waals surface area (Å²) >= 11 is 0. The molecule has 0 aliphatic carbocycles. The van der Waals surface area contributed by atoms with Crippen LogP contribution in [-0.4, -0.2) is 29.8 Å². The van der Waals surface area contributed by atoms with Crippen molar-refractivity contribution >= 4 is 0 Å². The fourth-order valence-corrected chi connectivity index (χ4v) is 2.92. The Balaban J connectivity index is 3.12. The number of likely N-dealkylation sites (N-methyl/N-ethyl adjacent to an activating group) is 1. The smallest absolute Gasteiger partial charge is 0.231 e. The SMILES string of the molecule is CCOC(CC)(CC)c1noc(C(C(C)C)C(C)NC)n1. The first-order valence-corrected chi connectivity index (χ1v) is 8.10. The van der Waals surface area contributed by atoms with Crippen molar-refractivity contribution in [1.29, 1.82) is 0 Å². The van der Waals surface area contributed by atoms with Gasteiger partial charge in [-0.2, -0.15) is 4.98 Å². The summed E-state index contributed by atoms with van der Waals surface area (Å²) in [4.78, 5) is 4.69. The van der Waals surface area contributed by atoms with Gasteiger partial charge in [0.15, 0.2) is 0 Å². The predicted molar refractivity (Wildman–Crippen MR) is 84.3 cm³/mol. The van der Waals surface area contributed by atoms with Crippen molar-refractivity contribution in [2.24, 2.45) is 5.92 Å². The molecule has 2 unspecified atom stereocenters. The van der Waals surface area contributed by atoms with Crippen molar-refractivity contribution in [2.45, 2.75) is 71.9 Å². The van der Waals surface area contributed by atoms with E-state index in [0.717, 1.165) is 12.8 Å². The number of nitrogens with one attached hydrogen (secondary N) is 1. The first kappa shape index (κ1) is 18.1. The minimum atomic E-state index is -0.430. The van der Waals surface area contributed by atoms with E-state index in [1.54, 1.807) is 0 Å². The van der Waals surface area contributed by atoms with Crippen LogP contribution < -0.4 is 5.32 Å². The van der Waals surface area contributed by atoms with Gasteiger partial charge in [-0.3, -0.25) is 0 Å². The standard InChI is InChI=1S/C16H31N3O2/c1-8-16(9-2,20-10-3)15-18-14(21-19-15)13(11(4)5)12(6)17-7/h11-13,17H,8-10H2,1-7H3. The quantitative estimate of drug-likeness (QED) is 0.756. The van der Waals surface area contributed by atoms with E-state index in [9.17, 15) is 0 Å². The fraction of sp³-hybridized carbons (Fsp3) is 0.875. The highest BCUT2D eigenvalue weighted by Gasteiger charge is 2.36. The lowest BCUT2D eigenvalue weighted by molar-refractivity contribution is -0.0583. The molecular weight excluding hydrogens is 266 g/mol. The molecule has 0 radical (unpaired) electrons. The summed E-state index contributed by atoms with van der Waals surface area (Å²) in [6.45, 7) is 13.4.